The van der Waals surface area contributed by atoms with Gasteiger partial charge in [-0.3, -0.25) is 4.79 Å². The second kappa shape index (κ2) is 5.64. The molecule has 0 saturated carbocycles. The summed E-state index contributed by atoms with van der Waals surface area (Å²) in [6.45, 7) is 0. The largest absolute Gasteiger partial charge is 0.481 e. The van der Waals surface area contributed by atoms with Crippen LogP contribution < -0.4 is 10.3 Å². The van der Waals surface area contributed by atoms with E-state index >= 15 is 0 Å². The summed E-state index contributed by atoms with van der Waals surface area (Å²) in [7, 11) is 1.56. The lowest BCUT2D eigenvalue weighted by molar-refractivity contribution is 0.397. The molecule has 0 saturated heterocycles. The number of nitrogens with zero attached hydrogens (tertiary/aromatic N) is 2. The van der Waals surface area contributed by atoms with Gasteiger partial charge in [0.1, 0.15) is 5.82 Å². The zero-order chi connectivity index (χ0) is 13.0. The van der Waals surface area contributed by atoms with Crippen molar-refractivity contribution in [3.63, 3.8) is 0 Å². The van der Waals surface area contributed by atoms with Gasteiger partial charge in [-0.05, 0) is 5.56 Å². The minimum atomic E-state index is -0.197. The predicted octanol–water partition coefficient (Wildman–Crippen LogP) is 1.50. The van der Waals surface area contributed by atoms with Crippen molar-refractivity contribution in [2.75, 3.05) is 7.11 Å². The van der Waals surface area contributed by atoms with E-state index in [1.807, 2.05) is 6.07 Å². The summed E-state index contributed by atoms with van der Waals surface area (Å²) in [5.74, 6) is 1.34. The quantitative estimate of drug-likeness (QED) is 0.851. The van der Waals surface area contributed by atoms with Gasteiger partial charge in [0.25, 0.3) is 5.56 Å². The van der Waals surface area contributed by atoms with Crippen molar-refractivity contribution in [1.29, 1.82) is 0 Å². The van der Waals surface area contributed by atoms with E-state index in [9.17, 15) is 4.79 Å². The van der Waals surface area contributed by atoms with Gasteiger partial charge in [0, 0.05) is 24.8 Å². The molecule has 0 spiro atoms. The lowest BCUT2D eigenvalue weighted by Crippen LogP contribution is -2.12. The predicted molar refractivity (Wildman–Crippen MR) is 68.0 cm³/mol. The second-order valence-electron chi connectivity index (χ2n) is 3.70. The third-order valence-corrected chi connectivity index (χ3v) is 2.63. The van der Waals surface area contributed by atoms with E-state index in [0.29, 0.717) is 23.8 Å². The summed E-state index contributed by atoms with van der Waals surface area (Å²) >= 11 is 5.67. The van der Waals surface area contributed by atoms with Crippen LogP contribution in [0, 0.1) is 0 Å². The number of H-pyrrole nitrogens is 1. The SMILES string of the molecule is COc1ccc(Cc2nc(CCl)cc(=O)[nH]2)cn1. The van der Waals surface area contributed by atoms with Gasteiger partial charge in [-0.25, -0.2) is 9.97 Å². The van der Waals surface area contributed by atoms with Crippen molar-refractivity contribution in [1.82, 2.24) is 15.0 Å². The summed E-state index contributed by atoms with van der Waals surface area (Å²) in [6.07, 6.45) is 2.18. The Hall–Kier alpha value is -1.88. The lowest BCUT2D eigenvalue weighted by atomic mass is 10.2. The molecule has 0 radical (unpaired) electrons. The molecule has 0 aliphatic carbocycles. The molecule has 0 amide bonds. The molecular weight excluding hydrogens is 254 g/mol. The number of aromatic nitrogens is 3. The maximum Gasteiger partial charge on any atom is 0.251 e. The number of methoxy groups -OCH3 is 1. The molecule has 5 nitrogen and oxygen atoms in total. The van der Waals surface area contributed by atoms with Gasteiger partial charge in [0.05, 0.1) is 18.7 Å². The molecule has 94 valence electrons. The summed E-state index contributed by atoms with van der Waals surface area (Å²) in [6, 6.07) is 5.03. The van der Waals surface area contributed by atoms with E-state index in [1.54, 1.807) is 19.4 Å². The first kappa shape index (κ1) is 12.6. The van der Waals surface area contributed by atoms with Crippen LogP contribution in [0.15, 0.2) is 29.2 Å². The van der Waals surface area contributed by atoms with Crippen molar-refractivity contribution in [2.24, 2.45) is 0 Å². The Bertz CT molecular complexity index is 581. The highest BCUT2D eigenvalue weighted by atomic mass is 35.5. The molecule has 18 heavy (non-hydrogen) atoms. The molecule has 1 N–H and O–H groups in total. The van der Waals surface area contributed by atoms with E-state index in [2.05, 4.69) is 15.0 Å². The van der Waals surface area contributed by atoms with Gasteiger partial charge >= 0.3 is 0 Å². The first-order chi connectivity index (χ1) is 8.71. The number of rotatable bonds is 4. The monoisotopic (exact) mass is 265 g/mol. The molecule has 0 fully saturated rings. The third-order valence-electron chi connectivity index (χ3n) is 2.36. The van der Waals surface area contributed by atoms with E-state index in [4.69, 9.17) is 16.3 Å². The van der Waals surface area contributed by atoms with Crippen LogP contribution in [0.2, 0.25) is 0 Å². The lowest BCUT2D eigenvalue weighted by Gasteiger charge is -2.03. The van der Waals surface area contributed by atoms with Crippen LogP contribution in [-0.4, -0.2) is 22.1 Å². The van der Waals surface area contributed by atoms with Crippen molar-refractivity contribution in [3.05, 3.63) is 51.8 Å². The number of aromatic amines is 1. The number of ether oxygens (including phenoxy) is 1. The van der Waals surface area contributed by atoms with Crippen molar-refractivity contribution in [3.8, 4) is 5.88 Å². The number of hydrogen-bond donors (Lipinski definition) is 1. The average molecular weight is 266 g/mol. The number of alkyl halides is 1. The molecule has 0 aliphatic heterocycles. The Kier molecular flexibility index (Phi) is 3.94. The normalized spacial score (nSPS) is 10.3. The van der Waals surface area contributed by atoms with Crippen molar-refractivity contribution < 1.29 is 4.74 Å². The van der Waals surface area contributed by atoms with Crippen molar-refractivity contribution in [2.45, 2.75) is 12.3 Å². The molecular formula is C12H12ClN3O2. The second-order valence-corrected chi connectivity index (χ2v) is 3.97. The van der Waals surface area contributed by atoms with Crippen LogP contribution in [0.4, 0.5) is 0 Å². The molecule has 0 unspecified atom stereocenters. The fourth-order valence-electron chi connectivity index (χ4n) is 1.54. The molecule has 2 aromatic heterocycles. The number of nitrogens with one attached hydrogen (secondary N) is 1. The van der Waals surface area contributed by atoms with Gasteiger partial charge in [-0.1, -0.05) is 6.07 Å². The fraction of sp³-hybridized carbons (Fsp3) is 0.250. The summed E-state index contributed by atoms with van der Waals surface area (Å²) in [5, 5.41) is 0. The van der Waals surface area contributed by atoms with Crippen LogP contribution in [-0.2, 0) is 12.3 Å². The maximum atomic E-state index is 11.4. The minimum Gasteiger partial charge on any atom is -0.481 e. The zero-order valence-electron chi connectivity index (χ0n) is 9.81. The molecule has 6 heteroatoms. The highest BCUT2D eigenvalue weighted by Gasteiger charge is 2.03. The van der Waals surface area contributed by atoms with E-state index in [1.165, 1.54) is 6.07 Å². The van der Waals surface area contributed by atoms with Crippen LogP contribution in [0.5, 0.6) is 5.88 Å². The van der Waals surface area contributed by atoms with Gasteiger partial charge in [-0.15, -0.1) is 11.6 Å². The molecule has 2 aromatic rings. The number of pyridine rings is 1. The van der Waals surface area contributed by atoms with Crippen LogP contribution >= 0.6 is 11.6 Å². The number of hydrogen-bond acceptors (Lipinski definition) is 4. The Labute approximate surface area is 109 Å². The Morgan fingerprint density at radius 1 is 1.44 bits per heavy atom. The fourth-order valence-corrected chi connectivity index (χ4v) is 1.68. The van der Waals surface area contributed by atoms with Crippen LogP contribution in [0.1, 0.15) is 17.1 Å². The van der Waals surface area contributed by atoms with Gasteiger partial charge < -0.3 is 9.72 Å². The summed E-state index contributed by atoms with van der Waals surface area (Å²) < 4.78 is 4.97. The molecule has 2 rings (SSSR count). The molecule has 2 heterocycles. The Morgan fingerprint density at radius 3 is 2.89 bits per heavy atom. The highest BCUT2D eigenvalue weighted by Crippen LogP contribution is 2.09. The van der Waals surface area contributed by atoms with E-state index < -0.39 is 0 Å². The van der Waals surface area contributed by atoms with Crippen molar-refractivity contribution >= 4 is 11.6 Å². The first-order valence-electron chi connectivity index (χ1n) is 5.35. The Morgan fingerprint density at radius 2 is 2.28 bits per heavy atom. The van der Waals surface area contributed by atoms with Gasteiger partial charge in [-0.2, -0.15) is 0 Å². The third kappa shape index (κ3) is 3.07. The summed E-state index contributed by atoms with van der Waals surface area (Å²) in [4.78, 5) is 22.4. The van der Waals surface area contributed by atoms with Crippen LogP contribution in [0.3, 0.4) is 0 Å². The van der Waals surface area contributed by atoms with Gasteiger partial charge in [0.2, 0.25) is 5.88 Å². The number of halogens is 1. The van der Waals surface area contributed by atoms with Crippen LogP contribution in [0.25, 0.3) is 0 Å². The van der Waals surface area contributed by atoms with Gasteiger partial charge in [0.15, 0.2) is 0 Å². The topological polar surface area (TPSA) is 67.9 Å². The Balaban J connectivity index is 2.22. The van der Waals surface area contributed by atoms with E-state index in [-0.39, 0.29) is 11.4 Å². The first-order valence-corrected chi connectivity index (χ1v) is 5.88. The van der Waals surface area contributed by atoms with E-state index in [0.717, 1.165) is 5.56 Å². The minimum absolute atomic E-state index is 0.197. The molecule has 0 bridgehead atoms. The molecule has 0 aliphatic rings. The zero-order valence-corrected chi connectivity index (χ0v) is 10.6. The maximum absolute atomic E-state index is 11.4. The smallest absolute Gasteiger partial charge is 0.251 e. The summed E-state index contributed by atoms with van der Waals surface area (Å²) in [5.41, 5.74) is 1.31. The highest BCUT2D eigenvalue weighted by molar-refractivity contribution is 6.16. The molecule has 0 aromatic carbocycles. The molecule has 0 atom stereocenters. The average Bonchev–Trinajstić information content (AvgIpc) is 2.39. The standard InChI is InChI=1S/C12H12ClN3O2/c1-18-12-3-2-8(7-14-12)4-10-15-9(6-13)5-11(17)16-10/h2-3,5,7H,4,6H2,1H3,(H,15,16,17).